The number of nitrogens with zero attached hydrogens (tertiary/aromatic N) is 2. The topological polar surface area (TPSA) is 34.9 Å². The largest absolute Gasteiger partial charge is 0.288 e. The molecule has 1 aromatic heterocycles. The van der Waals surface area contributed by atoms with Gasteiger partial charge in [0.15, 0.2) is 5.78 Å². The minimum absolute atomic E-state index is 0.0964. The molecule has 28 heavy (non-hydrogen) atoms. The van der Waals surface area contributed by atoms with E-state index < -0.39 is 0 Å². The highest BCUT2D eigenvalue weighted by atomic mass is 35.5. The Bertz CT molecular complexity index is 1100. The fourth-order valence-corrected chi connectivity index (χ4v) is 3.35. The molecule has 0 aliphatic heterocycles. The van der Waals surface area contributed by atoms with Gasteiger partial charge in [-0.15, -0.1) is 0 Å². The lowest BCUT2D eigenvalue weighted by atomic mass is 10.00. The maximum absolute atomic E-state index is 13.2. The van der Waals surface area contributed by atoms with Gasteiger partial charge >= 0.3 is 0 Å². The minimum Gasteiger partial charge on any atom is -0.288 e. The standard InChI is InChI=1S/C23H16Cl2N2O/c24-19-10-6-17(7-11-19)22-21(23(28)18-8-12-20(25)13-9-18)14-26-27(22)15-16-4-2-1-3-5-16/h1-14H,15H2. The molecule has 0 spiro atoms. The predicted molar refractivity (Wildman–Crippen MR) is 113 cm³/mol. The summed E-state index contributed by atoms with van der Waals surface area (Å²) in [6.45, 7) is 0.562. The van der Waals surface area contributed by atoms with E-state index in [1.54, 1.807) is 30.5 Å². The number of carbonyl (C=O) groups is 1. The van der Waals surface area contributed by atoms with Crippen molar-refractivity contribution in [2.24, 2.45) is 0 Å². The molecule has 0 aliphatic rings. The maximum atomic E-state index is 13.2. The number of carbonyl (C=O) groups excluding carboxylic acids is 1. The average Bonchev–Trinajstić information content (AvgIpc) is 3.13. The van der Waals surface area contributed by atoms with Crippen LogP contribution in [0.1, 0.15) is 21.5 Å². The fourth-order valence-electron chi connectivity index (χ4n) is 3.10. The first-order chi connectivity index (χ1) is 13.6. The van der Waals surface area contributed by atoms with Crippen LogP contribution < -0.4 is 0 Å². The Hall–Kier alpha value is -2.88. The summed E-state index contributed by atoms with van der Waals surface area (Å²) in [7, 11) is 0. The lowest BCUT2D eigenvalue weighted by Crippen LogP contribution is -2.07. The van der Waals surface area contributed by atoms with Crippen LogP contribution in [0.3, 0.4) is 0 Å². The van der Waals surface area contributed by atoms with Gasteiger partial charge in [0.25, 0.3) is 0 Å². The lowest BCUT2D eigenvalue weighted by Gasteiger charge is -2.10. The number of hydrogen-bond acceptors (Lipinski definition) is 2. The summed E-state index contributed by atoms with van der Waals surface area (Å²) >= 11 is 12.0. The summed E-state index contributed by atoms with van der Waals surface area (Å²) in [4.78, 5) is 13.2. The first-order valence-electron chi connectivity index (χ1n) is 8.78. The van der Waals surface area contributed by atoms with E-state index in [2.05, 4.69) is 5.10 Å². The Kier molecular flexibility index (Phi) is 5.29. The van der Waals surface area contributed by atoms with E-state index >= 15 is 0 Å². The molecule has 0 fully saturated rings. The molecule has 0 amide bonds. The van der Waals surface area contributed by atoms with Gasteiger partial charge in [-0.2, -0.15) is 5.10 Å². The summed E-state index contributed by atoms with van der Waals surface area (Å²) in [5, 5.41) is 5.75. The van der Waals surface area contributed by atoms with Gasteiger partial charge in [0, 0.05) is 21.2 Å². The predicted octanol–water partition coefficient (Wildman–Crippen LogP) is 6.14. The van der Waals surface area contributed by atoms with Crippen LogP contribution in [0.4, 0.5) is 0 Å². The van der Waals surface area contributed by atoms with Gasteiger partial charge in [-0.1, -0.05) is 65.7 Å². The first kappa shape index (κ1) is 18.5. The summed E-state index contributed by atoms with van der Waals surface area (Å²) < 4.78 is 1.85. The van der Waals surface area contributed by atoms with Crippen molar-refractivity contribution in [3.05, 3.63) is 112 Å². The van der Waals surface area contributed by atoms with Gasteiger partial charge < -0.3 is 0 Å². The highest BCUT2D eigenvalue weighted by Crippen LogP contribution is 2.28. The third-order valence-electron chi connectivity index (χ3n) is 4.48. The number of benzene rings is 3. The van der Waals surface area contributed by atoms with E-state index in [4.69, 9.17) is 23.2 Å². The number of aromatic nitrogens is 2. The number of rotatable bonds is 5. The molecular formula is C23H16Cl2N2O. The zero-order valence-corrected chi connectivity index (χ0v) is 16.4. The molecule has 1 heterocycles. The molecule has 0 bridgehead atoms. The SMILES string of the molecule is O=C(c1ccc(Cl)cc1)c1cnn(Cc2ccccc2)c1-c1ccc(Cl)cc1. The van der Waals surface area contributed by atoms with E-state index in [1.807, 2.05) is 59.3 Å². The molecule has 0 saturated heterocycles. The highest BCUT2D eigenvalue weighted by Gasteiger charge is 2.20. The van der Waals surface area contributed by atoms with Crippen molar-refractivity contribution in [1.82, 2.24) is 9.78 Å². The lowest BCUT2D eigenvalue weighted by molar-refractivity contribution is 0.103. The summed E-state index contributed by atoms with van der Waals surface area (Å²) in [5.74, 6) is -0.0964. The molecule has 3 nitrogen and oxygen atoms in total. The summed E-state index contributed by atoms with van der Waals surface area (Å²) in [5.41, 5.74) is 3.86. The van der Waals surface area contributed by atoms with Crippen LogP contribution in [0.25, 0.3) is 11.3 Å². The van der Waals surface area contributed by atoms with Crippen molar-refractivity contribution in [3.63, 3.8) is 0 Å². The van der Waals surface area contributed by atoms with Crippen molar-refractivity contribution in [3.8, 4) is 11.3 Å². The zero-order chi connectivity index (χ0) is 19.5. The van der Waals surface area contributed by atoms with Crippen LogP contribution in [0.2, 0.25) is 10.0 Å². The van der Waals surface area contributed by atoms with Crippen LogP contribution in [-0.2, 0) is 6.54 Å². The van der Waals surface area contributed by atoms with E-state index in [-0.39, 0.29) is 5.78 Å². The average molecular weight is 407 g/mol. The Morgan fingerprint density at radius 2 is 1.43 bits per heavy atom. The van der Waals surface area contributed by atoms with Crippen LogP contribution >= 0.6 is 23.2 Å². The first-order valence-corrected chi connectivity index (χ1v) is 9.53. The van der Waals surface area contributed by atoms with Crippen molar-refractivity contribution in [1.29, 1.82) is 0 Å². The molecule has 4 aromatic rings. The van der Waals surface area contributed by atoms with Crippen LogP contribution in [-0.4, -0.2) is 15.6 Å². The second-order valence-corrected chi connectivity index (χ2v) is 7.27. The summed E-state index contributed by atoms with van der Waals surface area (Å²) in [6.07, 6.45) is 1.63. The van der Waals surface area contributed by atoms with E-state index in [0.29, 0.717) is 27.7 Å². The van der Waals surface area contributed by atoms with E-state index in [0.717, 1.165) is 16.8 Å². The molecule has 0 N–H and O–H groups in total. The van der Waals surface area contributed by atoms with Gasteiger partial charge in [-0.05, 0) is 42.0 Å². The van der Waals surface area contributed by atoms with Crippen LogP contribution in [0, 0.1) is 0 Å². The third-order valence-corrected chi connectivity index (χ3v) is 4.99. The Morgan fingerprint density at radius 1 is 0.821 bits per heavy atom. The molecule has 4 rings (SSSR count). The van der Waals surface area contributed by atoms with Gasteiger partial charge in [0.1, 0.15) is 0 Å². The number of ketones is 1. The van der Waals surface area contributed by atoms with Gasteiger partial charge in [-0.25, -0.2) is 0 Å². The molecule has 3 aromatic carbocycles. The van der Waals surface area contributed by atoms with E-state index in [9.17, 15) is 4.79 Å². The quantitative estimate of drug-likeness (QED) is 0.373. The van der Waals surface area contributed by atoms with Gasteiger partial charge in [-0.3, -0.25) is 9.48 Å². The second kappa shape index (κ2) is 8.01. The molecule has 0 radical (unpaired) electrons. The zero-order valence-electron chi connectivity index (χ0n) is 14.8. The molecule has 0 aliphatic carbocycles. The molecule has 0 unspecified atom stereocenters. The maximum Gasteiger partial charge on any atom is 0.196 e. The molecule has 138 valence electrons. The third kappa shape index (κ3) is 3.86. The fraction of sp³-hybridized carbons (Fsp3) is 0.0435. The van der Waals surface area contributed by atoms with Crippen molar-refractivity contribution in [2.45, 2.75) is 6.54 Å². The highest BCUT2D eigenvalue weighted by molar-refractivity contribution is 6.31. The van der Waals surface area contributed by atoms with Crippen molar-refractivity contribution < 1.29 is 4.79 Å². The Labute approximate surface area is 173 Å². The second-order valence-electron chi connectivity index (χ2n) is 6.39. The Morgan fingerprint density at radius 3 is 2.07 bits per heavy atom. The number of halogens is 2. The van der Waals surface area contributed by atoms with Crippen molar-refractivity contribution >= 4 is 29.0 Å². The van der Waals surface area contributed by atoms with Crippen molar-refractivity contribution in [2.75, 3.05) is 0 Å². The summed E-state index contributed by atoms with van der Waals surface area (Å²) in [6, 6.07) is 24.3. The minimum atomic E-state index is -0.0964. The molecule has 0 saturated carbocycles. The van der Waals surface area contributed by atoms with Crippen LogP contribution in [0.15, 0.2) is 85.1 Å². The molecule has 0 atom stereocenters. The molecule has 5 heteroatoms. The van der Waals surface area contributed by atoms with E-state index in [1.165, 1.54) is 0 Å². The molecular weight excluding hydrogens is 391 g/mol. The normalized spacial score (nSPS) is 10.8. The smallest absolute Gasteiger partial charge is 0.196 e. The monoisotopic (exact) mass is 406 g/mol. The number of hydrogen-bond donors (Lipinski definition) is 0. The Balaban J connectivity index is 1.80. The van der Waals surface area contributed by atoms with Crippen LogP contribution in [0.5, 0.6) is 0 Å². The van der Waals surface area contributed by atoms with Gasteiger partial charge in [0.05, 0.1) is 24.0 Å². The van der Waals surface area contributed by atoms with Gasteiger partial charge in [0.2, 0.25) is 0 Å².